The van der Waals surface area contributed by atoms with E-state index in [0.717, 1.165) is 38.7 Å². The van der Waals surface area contributed by atoms with E-state index in [-0.39, 0.29) is 0 Å². The molecule has 0 saturated heterocycles. The Bertz CT molecular complexity index is 268. The second kappa shape index (κ2) is 9.81. The zero-order chi connectivity index (χ0) is 15.7. The third-order valence-electron chi connectivity index (χ3n) is 5.18. The van der Waals surface area contributed by atoms with Crippen LogP contribution in [0.25, 0.3) is 0 Å². The Morgan fingerprint density at radius 2 is 1.81 bits per heavy atom. The molecule has 126 valence electrons. The van der Waals surface area contributed by atoms with Gasteiger partial charge in [0.25, 0.3) is 0 Å². The third-order valence-corrected chi connectivity index (χ3v) is 5.18. The Labute approximate surface area is 132 Å². The van der Waals surface area contributed by atoms with Gasteiger partial charge in [0, 0.05) is 12.6 Å². The number of rotatable bonds is 10. The van der Waals surface area contributed by atoms with Gasteiger partial charge in [0.2, 0.25) is 0 Å². The van der Waals surface area contributed by atoms with E-state index < -0.39 is 0 Å². The molecule has 0 amide bonds. The highest BCUT2D eigenvalue weighted by Gasteiger charge is 2.37. The molecule has 3 unspecified atom stereocenters. The topological polar surface area (TPSA) is 30.5 Å². The zero-order valence-corrected chi connectivity index (χ0v) is 14.9. The van der Waals surface area contributed by atoms with Crippen LogP contribution in [0.5, 0.6) is 0 Å². The molecule has 1 aliphatic rings. The second-order valence-corrected chi connectivity index (χ2v) is 7.04. The summed E-state index contributed by atoms with van der Waals surface area (Å²) in [6, 6.07) is 0.519. The van der Waals surface area contributed by atoms with Crippen molar-refractivity contribution in [3.63, 3.8) is 0 Å². The van der Waals surface area contributed by atoms with Crippen molar-refractivity contribution in [3.8, 4) is 0 Å². The first kappa shape index (κ1) is 18.9. The number of ether oxygens (including phenoxy) is 2. The highest BCUT2D eigenvalue weighted by Crippen LogP contribution is 2.41. The fourth-order valence-corrected chi connectivity index (χ4v) is 3.31. The second-order valence-electron chi connectivity index (χ2n) is 7.04. The number of likely N-dealkylation sites (N-methyl/N-ethyl adjacent to an activating group) is 1. The van der Waals surface area contributed by atoms with Crippen molar-refractivity contribution in [3.05, 3.63) is 0 Å². The highest BCUT2D eigenvalue weighted by molar-refractivity contribution is 4.90. The lowest BCUT2D eigenvalue weighted by atomic mass is 9.68. The minimum Gasteiger partial charge on any atom is -0.379 e. The van der Waals surface area contributed by atoms with Crippen LogP contribution in [-0.2, 0) is 9.47 Å². The van der Waals surface area contributed by atoms with Crippen LogP contribution in [-0.4, -0.2) is 38.5 Å². The summed E-state index contributed by atoms with van der Waals surface area (Å²) in [5, 5.41) is 3.61. The smallest absolute Gasteiger partial charge is 0.0732 e. The van der Waals surface area contributed by atoms with Crippen LogP contribution in [0.15, 0.2) is 0 Å². The molecule has 0 bridgehead atoms. The van der Waals surface area contributed by atoms with Gasteiger partial charge in [-0.3, -0.25) is 0 Å². The number of hydrogen-bond donors (Lipinski definition) is 1. The van der Waals surface area contributed by atoms with Crippen molar-refractivity contribution in [1.29, 1.82) is 0 Å². The predicted molar refractivity (Wildman–Crippen MR) is 89.7 cm³/mol. The summed E-state index contributed by atoms with van der Waals surface area (Å²) in [7, 11) is 0. The Morgan fingerprint density at radius 1 is 1.05 bits per heavy atom. The van der Waals surface area contributed by atoms with Crippen LogP contribution in [0.4, 0.5) is 0 Å². The summed E-state index contributed by atoms with van der Waals surface area (Å²) >= 11 is 0. The molecule has 1 fully saturated rings. The van der Waals surface area contributed by atoms with E-state index in [2.05, 4.69) is 39.9 Å². The van der Waals surface area contributed by atoms with E-state index in [0.29, 0.717) is 17.6 Å². The molecule has 3 atom stereocenters. The van der Waals surface area contributed by atoms with E-state index in [1.807, 2.05) is 0 Å². The van der Waals surface area contributed by atoms with Gasteiger partial charge in [0.15, 0.2) is 0 Å². The molecular formula is C18H37NO2. The maximum atomic E-state index is 6.18. The molecule has 1 aliphatic carbocycles. The molecule has 1 N–H and O–H groups in total. The molecule has 0 spiro atoms. The number of nitrogens with one attached hydrogen (secondary N) is 1. The predicted octanol–water partition coefficient (Wildman–Crippen LogP) is 4.01. The molecule has 0 aromatic heterocycles. The average Bonchev–Trinajstić information content (AvgIpc) is 2.48. The van der Waals surface area contributed by atoms with Crippen molar-refractivity contribution in [2.24, 2.45) is 11.3 Å². The standard InChI is InChI=1S/C18H37NO2/c1-6-11-20-12-13-21-17-14-15(18(4,5)7-2)9-10-16(17)19-8-3/h15-17,19H,6-14H2,1-5H3. The van der Waals surface area contributed by atoms with Gasteiger partial charge >= 0.3 is 0 Å². The van der Waals surface area contributed by atoms with Gasteiger partial charge in [-0.05, 0) is 43.6 Å². The van der Waals surface area contributed by atoms with Crippen molar-refractivity contribution in [2.75, 3.05) is 26.4 Å². The molecule has 1 saturated carbocycles. The van der Waals surface area contributed by atoms with Crippen LogP contribution in [0.2, 0.25) is 0 Å². The van der Waals surface area contributed by atoms with Crippen LogP contribution < -0.4 is 5.32 Å². The lowest BCUT2D eigenvalue weighted by Gasteiger charge is -2.43. The summed E-state index contributed by atoms with van der Waals surface area (Å²) in [4.78, 5) is 0. The van der Waals surface area contributed by atoms with Crippen molar-refractivity contribution < 1.29 is 9.47 Å². The molecular weight excluding hydrogens is 262 g/mol. The van der Waals surface area contributed by atoms with Gasteiger partial charge < -0.3 is 14.8 Å². The Kier molecular flexibility index (Phi) is 8.84. The van der Waals surface area contributed by atoms with Gasteiger partial charge in [-0.1, -0.05) is 41.0 Å². The summed E-state index contributed by atoms with van der Waals surface area (Å²) in [5.74, 6) is 0.777. The van der Waals surface area contributed by atoms with Gasteiger partial charge in [-0.15, -0.1) is 0 Å². The molecule has 0 radical (unpaired) electrons. The van der Waals surface area contributed by atoms with Gasteiger partial charge in [-0.25, -0.2) is 0 Å². The molecule has 0 heterocycles. The lowest BCUT2D eigenvalue weighted by molar-refractivity contribution is -0.0502. The fourth-order valence-electron chi connectivity index (χ4n) is 3.31. The van der Waals surface area contributed by atoms with E-state index in [9.17, 15) is 0 Å². The normalized spacial score (nSPS) is 27.0. The van der Waals surface area contributed by atoms with Crippen LogP contribution in [0.1, 0.15) is 66.7 Å². The molecule has 1 rings (SSSR count). The monoisotopic (exact) mass is 299 g/mol. The fraction of sp³-hybridized carbons (Fsp3) is 1.00. The lowest BCUT2D eigenvalue weighted by Crippen LogP contribution is -2.48. The number of hydrogen-bond acceptors (Lipinski definition) is 3. The zero-order valence-electron chi connectivity index (χ0n) is 14.9. The first-order chi connectivity index (χ1) is 10.0. The maximum absolute atomic E-state index is 6.18. The van der Waals surface area contributed by atoms with E-state index in [1.165, 1.54) is 25.7 Å². The minimum absolute atomic E-state index is 0.347. The minimum atomic E-state index is 0.347. The van der Waals surface area contributed by atoms with Gasteiger partial charge in [-0.2, -0.15) is 0 Å². The quantitative estimate of drug-likeness (QED) is 0.618. The summed E-state index contributed by atoms with van der Waals surface area (Å²) in [6.07, 6.45) is 6.42. The van der Waals surface area contributed by atoms with E-state index in [1.54, 1.807) is 0 Å². The SMILES string of the molecule is CCCOCCOC1CC(C(C)(C)CC)CCC1NCC. The first-order valence-electron chi connectivity index (χ1n) is 8.97. The highest BCUT2D eigenvalue weighted by atomic mass is 16.5. The van der Waals surface area contributed by atoms with Crippen LogP contribution >= 0.6 is 0 Å². The molecule has 0 aromatic carbocycles. The molecule has 0 aliphatic heterocycles. The Hall–Kier alpha value is -0.120. The van der Waals surface area contributed by atoms with E-state index in [4.69, 9.17) is 9.47 Å². The van der Waals surface area contributed by atoms with Crippen molar-refractivity contribution in [2.45, 2.75) is 78.9 Å². The molecule has 21 heavy (non-hydrogen) atoms. The molecule has 3 nitrogen and oxygen atoms in total. The molecule has 3 heteroatoms. The summed E-state index contributed by atoms with van der Waals surface area (Å²) < 4.78 is 11.7. The first-order valence-corrected chi connectivity index (χ1v) is 8.97. The van der Waals surface area contributed by atoms with Gasteiger partial charge in [0.1, 0.15) is 0 Å². The third kappa shape index (κ3) is 6.25. The average molecular weight is 299 g/mol. The van der Waals surface area contributed by atoms with E-state index >= 15 is 0 Å². The van der Waals surface area contributed by atoms with Crippen molar-refractivity contribution >= 4 is 0 Å². The van der Waals surface area contributed by atoms with Crippen LogP contribution in [0.3, 0.4) is 0 Å². The maximum Gasteiger partial charge on any atom is 0.0732 e. The summed E-state index contributed by atoms with van der Waals surface area (Å²) in [5.41, 5.74) is 0.428. The Morgan fingerprint density at radius 3 is 2.43 bits per heavy atom. The van der Waals surface area contributed by atoms with Crippen molar-refractivity contribution in [1.82, 2.24) is 5.32 Å². The van der Waals surface area contributed by atoms with Gasteiger partial charge in [0.05, 0.1) is 19.3 Å². The van der Waals surface area contributed by atoms with Crippen LogP contribution in [0, 0.1) is 11.3 Å². The largest absolute Gasteiger partial charge is 0.379 e. The molecule has 0 aromatic rings. The Balaban J connectivity index is 2.47. The summed E-state index contributed by atoms with van der Waals surface area (Å²) in [6.45, 7) is 14.8.